The van der Waals surface area contributed by atoms with E-state index in [9.17, 15) is 10.1 Å². The lowest BCUT2D eigenvalue weighted by molar-refractivity contribution is 0.0746. The minimum atomic E-state index is -0.112. The van der Waals surface area contributed by atoms with E-state index in [1.807, 2.05) is 43.0 Å². The lowest BCUT2D eigenvalue weighted by Crippen LogP contribution is -2.49. The molecule has 1 saturated heterocycles. The normalized spacial score (nSPS) is 13.9. The molecule has 1 aliphatic heterocycles. The molecule has 31 heavy (non-hydrogen) atoms. The van der Waals surface area contributed by atoms with Gasteiger partial charge < -0.3 is 9.80 Å². The Balaban J connectivity index is 1.47. The van der Waals surface area contributed by atoms with Crippen LogP contribution in [0.5, 0.6) is 0 Å². The number of nitriles is 1. The second kappa shape index (κ2) is 8.78. The average molecular weight is 435 g/mol. The van der Waals surface area contributed by atoms with Gasteiger partial charge in [-0.25, -0.2) is 9.67 Å². The second-order valence-electron chi connectivity index (χ2n) is 7.66. The van der Waals surface area contributed by atoms with Gasteiger partial charge in [-0.05, 0) is 31.5 Å². The summed E-state index contributed by atoms with van der Waals surface area (Å²) in [5, 5.41) is 14.2. The molecule has 1 fully saturated rings. The fourth-order valence-corrected chi connectivity index (χ4v) is 4.10. The molecule has 1 aromatic carbocycles. The minimum absolute atomic E-state index is 0.112. The Morgan fingerprint density at radius 3 is 2.52 bits per heavy atom. The summed E-state index contributed by atoms with van der Waals surface area (Å²) in [7, 11) is 0. The molecular formula is C23H23ClN6O. The van der Waals surface area contributed by atoms with E-state index in [0.29, 0.717) is 60.5 Å². The number of halogens is 1. The van der Waals surface area contributed by atoms with Crippen LogP contribution >= 0.6 is 11.6 Å². The summed E-state index contributed by atoms with van der Waals surface area (Å²) in [5.41, 5.74) is 3.89. The number of carbonyl (C=O) groups is 1. The number of pyridine rings is 1. The molecule has 7 nitrogen and oxygen atoms in total. The number of piperazine rings is 1. The number of hydrogen-bond acceptors (Lipinski definition) is 5. The van der Waals surface area contributed by atoms with Crippen molar-refractivity contribution in [1.82, 2.24) is 19.7 Å². The molecule has 0 saturated carbocycles. The quantitative estimate of drug-likeness (QED) is 0.628. The van der Waals surface area contributed by atoms with Crippen molar-refractivity contribution in [3.05, 3.63) is 75.7 Å². The lowest BCUT2D eigenvalue weighted by Gasteiger charge is -2.35. The fourth-order valence-electron chi connectivity index (χ4n) is 3.78. The van der Waals surface area contributed by atoms with E-state index in [2.05, 4.69) is 16.2 Å². The van der Waals surface area contributed by atoms with Crippen LogP contribution < -0.4 is 4.90 Å². The summed E-state index contributed by atoms with van der Waals surface area (Å²) >= 11 is 6.59. The van der Waals surface area contributed by atoms with Crippen molar-refractivity contribution >= 4 is 23.3 Å². The highest BCUT2D eigenvalue weighted by Gasteiger charge is 2.28. The summed E-state index contributed by atoms with van der Waals surface area (Å²) in [6.07, 6.45) is 1.68. The van der Waals surface area contributed by atoms with Gasteiger partial charge in [0.2, 0.25) is 0 Å². The second-order valence-corrected chi connectivity index (χ2v) is 8.02. The number of aryl methyl sites for hydroxylation is 2. The Bertz CT molecular complexity index is 1140. The van der Waals surface area contributed by atoms with Crippen molar-refractivity contribution in [2.24, 2.45) is 0 Å². The number of rotatable bonds is 4. The fraction of sp³-hybridized carbons (Fsp3) is 0.304. The molecule has 0 atom stereocenters. The molecule has 158 valence electrons. The van der Waals surface area contributed by atoms with Crippen molar-refractivity contribution in [2.75, 3.05) is 31.1 Å². The molecule has 2 aromatic heterocycles. The van der Waals surface area contributed by atoms with Gasteiger partial charge in [-0.2, -0.15) is 10.4 Å². The van der Waals surface area contributed by atoms with Crippen LogP contribution in [0.2, 0.25) is 5.15 Å². The smallest absolute Gasteiger partial charge is 0.259 e. The highest BCUT2D eigenvalue weighted by Crippen LogP contribution is 2.24. The Hall–Kier alpha value is -3.37. The molecule has 0 aliphatic carbocycles. The first-order valence-electron chi connectivity index (χ1n) is 10.2. The summed E-state index contributed by atoms with van der Waals surface area (Å²) < 4.78 is 1.68. The van der Waals surface area contributed by atoms with Gasteiger partial charge in [0.15, 0.2) is 0 Å². The number of amides is 1. The zero-order chi connectivity index (χ0) is 22.0. The summed E-state index contributed by atoms with van der Waals surface area (Å²) in [4.78, 5) is 21.4. The third-order valence-electron chi connectivity index (χ3n) is 5.51. The molecule has 0 spiro atoms. The summed E-state index contributed by atoms with van der Waals surface area (Å²) in [6.45, 7) is 6.63. The van der Waals surface area contributed by atoms with Crippen molar-refractivity contribution in [1.29, 1.82) is 5.26 Å². The van der Waals surface area contributed by atoms with Crippen LogP contribution in [0.1, 0.15) is 32.7 Å². The van der Waals surface area contributed by atoms with Gasteiger partial charge in [0.25, 0.3) is 5.91 Å². The topological polar surface area (TPSA) is 78.1 Å². The molecule has 0 bridgehead atoms. The first-order chi connectivity index (χ1) is 15.0. The van der Waals surface area contributed by atoms with E-state index in [0.717, 1.165) is 5.56 Å². The molecule has 8 heteroatoms. The van der Waals surface area contributed by atoms with Crippen LogP contribution in [-0.4, -0.2) is 51.8 Å². The summed E-state index contributed by atoms with van der Waals surface area (Å²) in [6, 6.07) is 13.9. The zero-order valence-corrected chi connectivity index (χ0v) is 18.3. The monoisotopic (exact) mass is 434 g/mol. The van der Waals surface area contributed by atoms with Crippen molar-refractivity contribution in [3.63, 3.8) is 0 Å². The predicted molar refractivity (Wildman–Crippen MR) is 119 cm³/mol. The molecule has 4 rings (SSSR count). The van der Waals surface area contributed by atoms with E-state index < -0.39 is 0 Å². The molecule has 0 unspecified atom stereocenters. The molecule has 1 amide bonds. The minimum Gasteiger partial charge on any atom is -0.352 e. The average Bonchev–Trinajstić information content (AvgIpc) is 3.07. The highest BCUT2D eigenvalue weighted by atomic mass is 35.5. The zero-order valence-electron chi connectivity index (χ0n) is 17.5. The van der Waals surface area contributed by atoms with E-state index >= 15 is 0 Å². The molecule has 0 N–H and O–H groups in total. The first-order valence-corrected chi connectivity index (χ1v) is 10.5. The third-order valence-corrected chi connectivity index (χ3v) is 5.89. The maximum atomic E-state index is 13.2. The predicted octanol–water partition coefficient (Wildman–Crippen LogP) is 3.43. The van der Waals surface area contributed by atoms with Gasteiger partial charge in [0.1, 0.15) is 17.0 Å². The van der Waals surface area contributed by atoms with Gasteiger partial charge in [-0.3, -0.25) is 4.79 Å². The number of carbonyl (C=O) groups excluding carboxylic acids is 1. The lowest BCUT2D eigenvalue weighted by atomic mass is 10.1. The van der Waals surface area contributed by atoms with Crippen molar-refractivity contribution < 1.29 is 4.79 Å². The Labute approximate surface area is 186 Å². The molecule has 1 aliphatic rings. The van der Waals surface area contributed by atoms with Gasteiger partial charge in [0, 0.05) is 32.4 Å². The van der Waals surface area contributed by atoms with E-state index in [4.69, 9.17) is 11.6 Å². The van der Waals surface area contributed by atoms with Crippen LogP contribution in [-0.2, 0) is 6.54 Å². The number of hydrogen-bond donors (Lipinski definition) is 0. The number of nitrogens with zero attached hydrogens (tertiary/aromatic N) is 6. The van der Waals surface area contributed by atoms with E-state index in [-0.39, 0.29) is 5.91 Å². The maximum Gasteiger partial charge on any atom is 0.259 e. The third kappa shape index (κ3) is 4.25. The summed E-state index contributed by atoms with van der Waals surface area (Å²) in [5.74, 6) is 0.552. The van der Waals surface area contributed by atoms with Gasteiger partial charge in [-0.1, -0.05) is 41.4 Å². The van der Waals surface area contributed by atoms with Crippen molar-refractivity contribution in [3.8, 4) is 6.07 Å². The van der Waals surface area contributed by atoms with Crippen LogP contribution in [0.3, 0.4) is 0 Å². The Morgan fingerprint density at radius 1 is 1.13 bits per heavy atom. The van der Waals surface area contributed by atoms with E-state index in [1.165, 1.54) is 5.56 Å². The number of anilines is 1. The number of benzene rings is 1. The Kier molecular flexibility index (Phi) is 5.92. The van der Waals surface area contributed by atoms with Crippen LogP contribution in [0, 0.1) is 25.2 Å². The first kappa shape index (κ1) is 20.9. The maximum absolute atomic E-state index is 13.2. The van der Waals surface area contributed by atoms with Crippen molar-refractivity contribution in [2.45, 2.75) is 20.4 Å². The molecular weight excluding hydrogens is 412 g/mol. The van der Waals surface area contributed by atoms with Gasteiger partial charge in [-0.15, -0.1) is 0 Å². The standard InChI is InChI=1S/C23H23ClN6O/c1-16-5-7-18(8-6-16)15-30-21(24)20(17(2)27-30)23(31)29-12-10-28(11-13-29)22-19(14-25)4-3-9-26-22/h3-9H,10-13,15H2,1-2H3. The molecule has 0 radical (unpaired) electrons. The van der Waals surface area contributed by atoms with Gasteiger partial charge in [0.05, 0.1) is 23.4 Å². The Morgan fingerprint density at radius 2 is 1.84 bits per heavy atom. The molecule has 3 aromatic rings. The molecule has 3 heterocycles. The van der Waals surface area contributed by atoms with Crippen LogP contribution in [0.4, 0.5) is 5.82 Å². The van der Waals surface area contributed by atoms with Gasteiger partial charge >= 0.3 is 0 Å². The van der Waals surface area contributed by atoms with E-state index in [1.54, 1.807) is 27.9 Å². The highest BCUT2D eigenvalue weighted by molar-refractivity contribution is 6.33. The SMILES string of the molecule is Cc1ccc(Cn2nc(C)c(C(=O)N3CCN(c4ncccc4C#N)CC3)c2Cl)cc1. The largest absolute Gasteiger partial charge is 0.352 e. The van der Waals surface area contributed by atoms with Crippen LogP contribution in [0.25, 0.3) is 0 Å². The van der Waals surface area contributed by atoms with Crippen LogP contribution in [0.15, 0.2) is 42.6 Å². The number of aromatic nitrogens is 3.